The minimum atomic E-state index is -0.266. The van der Waals surface area contributed by atoms with Crippen LogP contribution >= 0.6 is 34.7 Å². The average Bonchev–Trinajstić information content (AvgIpc) is 3.01. The number of benzene rings is 1. The van der Waals surface area contributed by atoms with Gasteiger partial charge in [0.05, 0.1) is 5.25 Å². The number of thioether (sulfide) groups is 1. The fraction of sp³-hybridized carbons (Fsp3) is 0.350. The lowest BCUT2D eigenvalue weighted by atomic mass is 9.97. The van der Waals surface area contributed by atoms with Gasteiger partial charge in [-0.15, -0.1) is 11.3 Å². The molecule has 0 spiro atoms. The first kappa shape index (κ1) is 18.7. The van der Waals surface area contributed by atoms with Gasteiger partial charge in [-0.1, -0.05) is 23.4 Å². The minimum Gasteiger partial charge on any atom is -0.325 e. The highest BCUT2D eigenvalue weighted by Crippen LogP contribution is 2.40. The number of carbonyl (C=O) groups excluding carboxylic acids is 1. The number of aryl methyl sites for hydroxylation is 3. The van der Waals surface area contributed by atoms with E-state index in [4.69, 9.17) is 11.6 Å². The molecule has 0 bridgehead atoms. The molecule has 1 aliphatic carbocycles. The number of aromatic nitrogens is 2. The molecule has 1 atom stereocenters. The zero-order valence-electron chi connectivity index (χ0n) is 15.2. The monoisotopic (exact) mass is 417 g/mol. The highest BCUT2D eigenvalue weighted by molar-refractivity contribution is 8.00. The highest BCUT2D eigenvalue weighted by Gasteiger charge is 2.23. The Kier molecular flexibility index (Phi) is 5.39. The average molecular weight is 418 g/mol. The first-order valence-corrected chi connectivity index (χ1v) is 11.1. The fourth-order valence-electron chi connectivity index (χ4n) is 3.31. The Morgan fingerprint density at radius 3 is 2.74 bits per heavy atom. The van der Waals surface area contributed by atoms with E-state index in [-0.39, 0.29) is 11.2 Å². The summed E-state index contributed by atoms with van der Waals surface area (Å²) in [4.78, 5) is 24.5. The molecule has 1 aliphatic rings. The van der Waals surface area contributed by atoms with Gasteiger partial charge in [0.15, 0.2) is 0 Å². The number of halogens is 1. The maximum atomic E-state index is 12.6. The Hall–Kier alpha value is -1.63. The summed E-state index contributed by atoms with van der Waals surface area (Å²) >= 11 is 9.21. The highest BCUT2D eigenvalue weighted by atomic mass is 35.5. The number of amides is 1. The number of anilines is 1. The second kappa shape index (κ2) is 7.78. The molecule has 1 amide bonds. The molecular weight excluding hydrogens is 398 g/mol. The normalized spacial score (nSPS) is 14.8. The molecule has 1 aromatic carbocycles. The van der Waals surface area contributed by atoms with Crippen LogP contribution in [-0.4, -0.2) is 21.1 Å². The van der Waals surface area contributed by atoms with Gasteiger partial charge in [-0.3, -0.25) is 4.79 Å². The van der Waals surface area contributed by atoms with Gasteiger partial charge in [0.1, 0.15) is 15.7 Å². The van der Waals surface area contributed by atoms with Crippen molar-refractivity contribution in [2.45, 2.75) is 49.8 Å². The molecule has 0 saturated carbocycles. The van der Waals surface area contributed by atoms with Crippen molar-refractivity contribution < 1.29 is 4.79 Å². The second-order valence-corrected chi connectivity index (χ2v) is 9.57. The molecule has 2 aromatic heterocycles. The van der Waals surface area contributed by atoms with Gasteiger partial charge < -0.3 is 5.32 Å². The SMILES string of the molecule is Cc1nc(S[C@H](C)C(=O)Nc2ccc(Cl)cc2)c2c3c(sc2n1)CCCC3. The third-order valence-corrected chi connectivity index (χ3v) is 7.19. The van der Waals surface area contributed by atoms with Crippen molar-refractivity contribution in [1.82, 2.24) is 9.97 Å². The van der Waals surface area contributed by atoms with E-state index in [0.29, 0.717) is 5.02 Å². The molecule has 4 rings (SSSR count). The van der Waals surface area contributed by atoms with E-state index in [1.165, 1.54) is 35.0 Å². The van der Waals surface area contributed by atoms with Crippen molar-refractivity contribution in [2.24, 2.45) is 0 Å². The standard InChI is InChI=1S/C20H20ClN3OS2/c1-11(18(25)24-14-9-7-13(21)8-10-14)26-19-17-15-5-3-4-6-16(15)27-20(17)23-12(2)22-19/h7-11H,3-6H2,1-2H3,(H,24,25)/t11-/m1/s1. The molecule has 27 heavy (non-hydrogen) atoms. The summed E-state index contributed by atoms with van der Waals surface area (Å²) in [6, 6.07) is 7.15. The van der Waals surface area contributed by atoms with Crippen LogP contribution < -0.4 is 5.32 Å². The summed E-state index contributed by atoms with van der Waals surface area (Å²) in [5.74, 6) is 0.713. The summed E-state index contributed by atoms with van der Waals surface area (Å²) in [5, 5.41) is 5.42. The Morgan fingerprint density at radius 2 is 1.96 bits per heavy atom. The summed E-state index contributed by atoms with van der Waals surface area (Å²) in [5.41, 5.74) is 2.14. The molecule has 0 saturated heterocycles. The van der Waals surface area contributed by atoms with Gasteiger partial charge in [0.2, 0.25) is 5.91 Å². The Balaban J connectivity index is 1.59. The van der Waals surface area contributed by atoms with Crippen molar-refractivity contribution in [3.8, 4) is 0 Å². The van der Waals surface area contributed by atoms with Crippen LogP contribution in [0.1, 0.15) is 36.0 Å². The number of nitrogens with zero attached hydrogens (tertiary/aromatic N) is 2. The molecule has 140 valence electrons. The number of hydrogen-bond donors (Lipinski definition) is 1. The summed E-state index contributed by atoms with van der Waals surface area (Å²) < 4.78 is 0. The van der Waals surface area contributed by atoms with Gasteiger partial charge in [0, 0.05) is 21.0 Å². The maximum absolute atomic E-state index is 12.6. The van der Waals surface area contributed by atoms with Crippen molar-refractivity contribution in [2.75, 3.05) is 5.32 Å². The van der Waals surface area contributed by atoms with E-state index in [0.717, 1.165) is 39.6 Å². The first-order valence-electron chi connectivity index (χ1n) is 9.03. The first-order chi connectivity index (χ1) is 13.0. The summed E-state index contributed by atoms with van der Waals surface area (Å²) in [6.45, 7) is 3.83. The number of carbonyl (C=O) groups is 1. The summed E-state index contributed by atoms with van der Waals surface area (Å²) in [6.07, 6.45) is 4.67. The maximum Gasteiger partial charge on any atom is 0.237 e. The number of nitrogens with one attached hydrogen (secondary N) is 1. The molecule has 4 nitrogen and oxygen atoms in total. The number of fused-ring (bicyclic) bond motifs is 3. The smallest absolute Gasteiger partial charge is 0.237 e. The molecule has 0 fully saturated rings. The molecule has 0 radical (unpaired) electrons. The quantitative estimate of drug-likeness (QED) is 0.440. The lowest BCUT2D eigenvalue weighted by Gasteiger charge is -2.14. The predicted octanol–water partition coefficient (Wildman–Crippen LogP) is 5.65. The van der Waals surface area contributed by atoms with Gasteiger partial charge in [0.25, 0.3) is 0 Å². The summed E-state index contributed by atoms with van der Waals surface area (Å²) in [7, 11) is 0. The molecule has 0 unspecified atom stereocenters. The van der Waals surface area contributed by atoms with Crippen LogP contribution in [0.3, 0.4) is 0 Å². The number of thiophene rings is 1. The topological polar surface area (TPSA) is 54.9 Å². The second-order valence-electron chi connectivity index (χ2n) is 6.72. The van der Waals surface area contributed by atoms with E-state index < -0.39 is 0 Å². The van der Waals surface area contributed by atoms with E-state index in [9.17, 15) is 4.79 Å². The zero-order chi connectivity index (χ0) is 19.0. The van der Waals surface area contributed by atoms with Crippen LogP contribution in [0.2, 0.25) is 5.02 Å². The van der Waals surface area contributed by atoms with Crippen LogP contribution in [0.25, 0.3) is 10.2 Å². The number of hydrogen-bond acceptors (Lipinski definition) is 5. The van der Waals surface area contributed by atoms with Crippen LogP contribution in [0, 0.1) is 6.92 Å². The Bertz CT molecular complexity index is 1000. The Labute approximate surface area is 171 Å². The molecule has 0 aliphatic heterocycles. The van der Waals surface area contributed by atoms with Crippen molar-refractivity contribution in [1.29, 1.82) is 0 Å². The predicted molar refractivity (Wildman–Crippen MR) is 114 cm³/mol. The van der Waals surface area contributed by atoms with E-state index in [1.807, 2.05) is 13.8 Å². The van der Waals surface area contributed by atoms with Crippen LogP contribution in [0.5, 0.6) is 0 Å². The lowest BCUT2D eigenvalue weighted by molar-refractivity contribution is -0.115. The van der Waals surface area contributed by atoms with Crippen LogP contribution in [-0.2, 0) is 17.6 Å². The van der Waals surface area contributed by atoms with E-state index >= 15 is 0 Å². The molecule has 3 aromatic rings. The van der Waals surface area contributed by atoms with Crippen LogP contribution in [0.4, 0.5) is 5.69 Å². The van der Waals surface area contributed by atoms with Crippen LogP contribution in [0.15, 0.2) is 29.3 Å². The lowest BCUT2D eigenvalue weighted by Crippen LogP contribution is -2.22. The van der Waals surface area contributed by atoms with Gasteiger partial charge in [-0.25, -0.2) is 9.97 Å². The third kappa shape index (κ3) is 3.98. The van der Waals surface area contributed by atoms with Gasteiger partial charge in [-0.05, 0) is 69.4 Å². The molecular formula is C20H20ClN3OS2. The van der Waals surface area contributed by atoms with Gasteiger partial charge >= 0.3 is 0 Å². The minimum absolute atomic E-state index is 0.0455. The number of rotatable bonds is 4. The molecule has 2 heterocycles. The Morgan fingerprint density at radius 1 is 1.22 bits per heavy atom. The molecule has 7 heteroatoms. The van der Waals surface area contributed by atoms with E-state index in [2.05, 4.69) is 15.3 Å². The fourth-order valence-corrected chi connectivity index (χ4v) is 5.83. The third-order valence-electron chi connectivity index (χ3n) is 4.66. The van der Waals surface area contributed by atoms with Crippen molar-refractivity contribution >= 4 is 56.5 Å². The molecule has 1 N–H and O–H groups in total. The van der Waals surface area contributed by atoms with Crippen molar-refractivity contribution in [3.05, 3.63) is 45.6 Å². The van der Waals surface area contributed by atoms with E-state index in [1.54, 1.807) is 35.6 Å². The van der Waals surface area contributed by atoms with Crippen molar-refractivity contribution in [3.63, 3.8) is 0 Å². The largest absolute Gasteiger partial charge is 0.325 e. The van der Waals surface area contributed by atoms with Gasteiger partial charge in [-0.2, -0.15) is 0 Å². The zero-order valence-corrected chi connectivity index (χ0v) is 17.6.